The maximum atomic E-state index is 12.3. The Hall–Kier alpha value is -3.54. The molecule has 2 heterocycles. The van der Waals surface area contributed by atoms with E-state index in [9.17, 15) is 14.7 Å². The van der Waals surface area contributed by atoms with Crippen LogP contribution in [0.15, 0.2) is 63.8 Å². The summed E-state index contributed by atoms with van der Waals surface area (Å²) >= 11 is 0. The zero-order valence-electron chi connectivity index (χ0n) is 16.0. The molecule has 1 N–H and O–H groups in total. The third kappa shape index (κ3) is 4.01. The molecule has 6 nitrogen and oxygen atoms in total. The molecular formula is C23H20O6. The van der Waals surface area contributed by atoms with Gasteiger partial charge in [-0.15, -0.1) is 0 Å². The van der Waals surface area contributed by atoms with Gasteiger partial charge in [-0.1, -0.05) is 12.1 Å². The molecule has 1 aromatic heterocycles. The maximum absolute atomic E-state index is 12.3. The van der Waals surface area contributed by atoms with E-state index in [1.54, 1.807) is 42.5 Å². The van der Waals surface area contributed by atoms with Crippen LogP contribution in [0.1, 0.15) is 25.0 Å². The van der Waals surface area contributed by atoms with Crippen molar-refractivity contribution < 1.29 is 23.8 Å². The monoisotopic (exact) mass is 392 g/mol. The van der Waals surface area contributed by atoms with E-state index in [1.807, 2.05) is 19.9 Å². The van der Waals surface area contributed by atoms with E-state index in [0.717, 1.165) is 10.9 Å². The van der Waals surface area contributed by atoms with Crippen LogP contribution >= 0.6 is 0 Å². The third-order valence-corrected chi connectivity index (χ3v) is 4.90. The Morgan fingerprint density at radius 1 is 1.21 bits per heavy atom. The summed E-state index contributed by atoms with van der Waals surface area (Å²) in [5, 5.41) is 10.3. The summed E-state index contributed by atoms with van der Waals surface area (Å²) in [6, 6.07) is 13.2. The molecule has 1 atom stereocenters. The fourth-order valence-corrected chi connectivity index (χ4v) is 3.35. The van der Waals surface area contributed by atoms with Gasteiger partial charge in [-0.3, -0.25) is 0 Å². The highest BCUT2D eigenvalue weighted by atomic mass is 16.6. The van der Waals surface area contributed by atoms with E-state index >= 15 is 0 Å². The number of hydrogen-bond acceptors (Lipinski definition) is 6. The minimum absolute atomic E-state index is 0.127. The molecule has 1 aliphatic rings. The van der Waals surface area contributed by atoms with E-state index in [1.165, 1.54) is 12.1 Å². The number of ether oxygens (including phenoxy) is 2. The molecular weight excluding hydrogens is 372 g/mol. The normalized spacial score (nSPS) is 17.7. The Bertz CT molecular complexity index is 1170. The van der Waals surface area contributed by atoms with Crippen molar-refractivity contribution in [2.75, 3.05) is 0 Å². The van der Waals surface area contributed by atoms with Crippen molar-refractivity contribution in [1.29, 1.82) is 0 Å². The first-order chi connectivity index (χ1) is 13.8. The number of esters is 1. The van der Waals surface area contributed by atoms with Crippen LogP contribution in [0.4, 0.5) is 0 Å². The molecule has 0 saturated carbocycles. The summed E-state index contributed by atoms with van der Waals surface area (Å²) in [5.41, 5.74) is 0.846. The van der Waals surface area contributed by atoms with Gasteiger partial charge in [-0.05, 0) is 55.3 Å². The first-order valence-corrected chi connectivity index (χ1v) is 9.24. The van der Waals surface area contributed by atoms with Gasteiger partial charge in [0, 0.05) is 30.0 Å². The van der Waals surface area contributed by atoms with E-state index in [0.29, 0.717) is 23.3 Å². The van der Waals surface area contributed by atoms with E-state index in [4.69, 9.17) is 13.9 Å². The van der Waals surface area contributed by atoms with Crippen LogP contribution in [-0.2, 0) is 16.0 Å². The molecule has 0 bridgehead atoms. The van der Waals surface area contributed by atoms with Crippen LogP contribution in [-0.4, -0.2) is 22.8 Å². The second-order valence-corrected chi connectivity index (χ2v) is 7.52. The molecule has 3 aromatic rings. The van der Waals surface area contributed by atoms with Gasteiger partial charge in [-0.25, -0.2) is 9.59 Å². The molecule has 1 unspecified atom stereocenters. The van der Waals surface area contributed by atoms with Crippen LogP contribution in [0, 0.1) is 0 Å². The van der Waals surface area contributed by atoms with E-state index in [-0.39, 0.29) is 5.75 Å². The number of benzene rings is 2. The van der Waals surface area contributed by atoms with Gasteiger partial charge in [0.2, 0.25) is 0 Å². The van der Waals surface area contributed by atoms with Crippen molar-refractivity contribution in [3.05, 3.63) is 76.2 Å². The van der Waals surface area contributed by atoms with Crippen LogP contribution in [0.2, 0.25) is 0 Å². The summed E-state index contributed by atoms with van der Waals surface area (Å²) in [4.78, 5) is 23.8. The number of phenols is 1. The predicted octanol–water partition coefficient (Wildman–Crippen LogP) is 3.84. The number of carbonyl (C=O) groups is 1. The largest absolute Gasteiger partial charge is 0.508 e. The van der Waals surface area contributed by atoms with Crippen LogP contribution in [0.3, 0.4) is 0 Å². The quantitative estimate of drug-likeness (QED) is 0.414. The zero-order valence-corrected chi connectivity index (χ0v) is 16.0. The van der Waals surface area contributed by atoms with Gasteiger partial charge in [0.25, 0.3) is 0 Å². The lowest BCUT2D eigenvalue weighted by atomic mass is 9.90. The summed E-state index contributed by atoms with van der Waals surface area (Å²) < 4.78 is 16.9. The molecule has 0 fully saturated rings. The van der Waals surface area contributed by atoms with Crippen molar-refractivity contribution in [2.24, 2.45) is 0 Å². The standard InChI is InChI=1S/C23H20O6/c1-23(2)20(28-22(26)8-6-14-4-3-5-17(24)10-14)12-16-11-15-7-9-21(25)27-18(15)13-19(16)29-23/h3-11,13,20,24H,12H2,1-2H3. The molecule has 1 aliphatic heterocycles. The number of aromatic hydroxyl groups is 1. The lowest BCUT2D eigenvalue weighted by Crippen LogP contribution is -2.48. The second-order valence-electron chi connectivity index (χ2n) is 7.52. The summed E-state index contributed by atoms with van der Waals surface area (Å²) in [6.45, 7) is 3.69. The van der Waals surface area contributed by atoms with Crippen LogP contribution in [0.25, 0.3) is 17.0 Å². The SMILES string of the molecule is CC1(C)Oc2cc3oc(=O)ccc3cc2CC1OC(=O)C=Cc1cccc(O)c1. The fraction of sp³-hybridized carbons (Fsp3) is 0.217. The summed E-state index contributed by atoms with van der Waals surface area (Å²) in [6.07, 6.45) is 2.89. The smallest absolute Gasteiger partial charge is 0.336 e. The summed E-state index contributed by atoms with van der Waals surface area (Å²) in [5.74, 6) is 0.242. The van der Waals surface area contributed by atoms with Gasteiger partial charge >= 0.3 is 11.6 Å². The lowest BCUT2D eigenvalue weighted by Gasteiger charge is -2.39. The van der Waals surface area contributed by atoms with Gasteiger partial charge in [-0.2, -0.15) is 0 Å². The molecule has 29 heavy (non-hydrogen) atoms. The van der Waals surface area contributed by atoms with Gasteiger partial charge in [0.1, 0.15) is 28.8 Å². The van der Waals surface area contributed by atoms with E-state index in [2.05, 4.69) is 0 Å². The minimum Gasteiger partial charge on any atom is -0.508 e. The molecule has 0 amide bonds. The second kappa shape index (κ2) is 7.13. The van der Waals surface area contributed by atoms with Crippen molar-refractivity contribution in [1.82, 2.24) is 0 Å². The third-order valence-electron chi connectivity index (χ3n) is 4.90. The number of hydrogen-bond donors (Lipinski definition) is 1. The molecule has 6 heteroatoms. The molecule has 0 spiro atoms. The molecule has 4 rings (SSSR count). The molecule has 2 aromatic carbocycles. The molecule has 0 saturated heterocycles. The topological polar surface area (TPSA) is 86.0 Å². The molecule has 0 aliphatic carbocycles. The maximum Gasteiger partial charge on any atom is 0.336 e. The highest BCUT2D eigenvalue weighted by Gasteiger charge is 2.39. The average molecular weight is 392 g/mol. The van der Waals surface area contributed by atoms with Crippen LogP contribution < -0.4 is 10.4 Å². The molecule has 0 radical (unpaired) electrons. The number of carbonyl (C=O) groups excluding carboxylic acids is 1. The van der Waals surface area contributed by atoms with E-state index < -0.39 is 23.3 Å². The Labute approximate surface area is 167 Å². The Balaban J connectivity index is 1.55. The van der Waals surface area contributed by atoms with Crippen molar-refractivity contribution in [3.63, 3.8) is 0 Å². The Morgan fingerprint density at radius 2 is 2.03 bits per heavy atom. The summed E-state index contributed by atoms with van der Waals surface area (Å²) in [7, 11) is 0. The van der Waals surface area contributed by atoms with Gasteiger partial charge in [0.05, 0.1) is 0 Å². The lowest BCUT2D eigenvalue weighted by molar-refractivity contribution is -0.155. The number of fused-ring (bicyclic) bond motifs is 2. The highest BCUT2D eigenvalue weighted by molar-refractivity contribution is 5.87. The first kappa shape index (κ1) is 18.8. The zero-order chi connectivity index (χ0) is 20.6. The van der Waals surface area contributed by atoms with Gasteiger partial charge < -0.3 is 19.0 Å². The molecule has 148 valence electrons. The Morgan fingerprint density at radius 3 is 2.83 bits per heavy atom. The minimum atomic E-state index is -0.760. The fourth-order valence-electron chi connectivity index (χ4n) is 3.35. The van der Waals surface area contributed by atoms with Crippen molar-refractivity contribution in [3.8, 4) is 11.5 Å². The number of rotatable bonds is 3. The average Bonchev–Trinajstić information content (AvgIpc) is 2.65. The Kier molecular flexibility index (Phi) is 4.62. The number of phenolic OH excluding ortho intramolecular Hbond substituents is 1. The van der Waals surface area contributed by atoms with Crippen LogP contribution in [0.5, 0.6) is 11.5 Å². The van der Waals surface area contributed by atoms with Crippen molar-refractivity contribution in [2.45, 2.75) is 32.0 Å². The van der Waals surface area contributed by atoms with Gasteiger partial charge in [0.15, 0.2) is 0 Å². The highest BCUT2D eigenvalue weighted by Crippen LogP contribution is 2.37. The first-order valence-electron chi connectivity index (χ1n) is 9.24. The predicted molar refractivity (Wildman–Crippen MR) is 108 cm³/mol. The van der Waals surface area contributed by atoms with Crippen molar-refractivity contribution >= 4 is 23.0 Å².